The van der Waals surface area contributed by atoms with Crippen molar-refractivity contribution in [2.45, 2.75) is 19.9 Å². The van der Waals surface area contributed by atoms with Crippen LogP contribution in [-0.2, 0) is 6.54 Å². The van der Waals surface area contributed by atoms with Crippen molar-refractivity contribution in [3.63, 3.8) is 0 Å². The average molecular weight is 280 g/mol. The Hall–Kier alpha value is -1.43. The fourth-order valence-corrected chi connectivity index (χ4v) is 2.44. The normalized spacial score (nSPS) is 10.9. The van der Waals surface area contributed by atoms with Crippen LogP contribution < -0.4 is 4.90 Å². The van der Waals surface area contributed by atoms with Crippen molar-refractivity contribution in [2.75, 3.05) is 30.5 Å². The molecule has 0 atom stereocenters. The second kappa shape index (κ2) is 6.65. The zero-order valence-corrected chi connectivity index (χ0v) is 12.5. The molecular formula is C13H20N4OS. The van der Waals surface area contributed by atoms with Crippen LogP contribution in [0.5, 0.6) is 0 Å². The van der Waals surface area contributed by atoms with Gasteiger partial charge < -0.3 is 9.32 Å². The Morgan fingerprint density at radius 2 is 2.26 bits per heavy atom. The fraction of sp³-hybridized carbons (Fsp3) is 0.538. The molecule has 0 aliphatic heterocycles. The van der Waals surface area contributed by atoms with Gasteiger partial charge in [0.15, 0.2) is 5.82 Å². The lowest BCUT2D eigenvalue weighted by Gasteiger charge is -2.18. The summed E-state index contributed by atoms with van der Waals surface area (Å²) in [6.07, 6.45) is 6.64. The quantitative estimate of drug-likeness (QED) is 0.730. The summed E-state index contributed by atoms with van der Waals surface area (Å²) in [4.78, 5) is 2.16. The van der Waals surface area contributed by atoms with Gasteiger partial charge in [-0.1, -0.05) is 0 Å². The number of rotatable bonds is 7. The molecule has 0 fully saturated rings. The number of nitrogens with zero attached hydrogens (tertiary/aromatic N) is 4. The summed E-state index contributed by atoms with van der Waals surface area (Å²) in [6, 6.07) is 1.91. The topological polar surface area (TPSA) is 47.1 Å². The SMILES string of the molecule is CCn1c(-c2ccoc2)nnc1N(C)CCCSC. The van der Waals surface area contributed by atoms with E-state index in [-0.39, 0.29) is 0 Å². The molecular weight excluding hydrogens is 260 g/mol. The van der Waals surface area contributed by atoms with E-state index in [1.54, 1.807) is 12.5 Å². The molecule has 6 heteroatoms. The van der Waals surface area contributed by atoms with Gasteiger partial charge in [0.2, 0.25) is 5.95 Å². The maximum absolute atomic E-state index is 5.12. The predicted molar refractivity (Wildman–Crippen MR) is 79.7 cm³/mol. The highest BCUT2D eigenvalue weighted by Gasteiger charge is 2.16. The van der Waals surface area contributed by atoms with Gasteiger partial charge in [-0.25, -0.2) is 0 Å². The molecule has 104 valence electrons. The summed E-state index contributed by atoms with van der Waals surface area (Å²) in [7, 11) is 2.07. The first-order valence-corrected chi connectivity index (χ1v) is 7.83. The lowest BCUT2D eigenvalue weighted by Crippen LogP contribution is -2.23. The Labute approximate surface area is 118 Å². The third-order valence-electron chi connectivity index (χ3n) is 3.01. The highest BCUT2D eigenvalue weighted by atomic mass is 32.2. The van der Waals surface area contributed by atoms with Crippen molar-refractivity contribution in [1.82, 2.24) is 14.8 Å². The molecule has 2 aromatic heterocycles. The highest BCUT2D eigenvalue weighted by molar-refractivity contribution is 7.98. The molecule has 0 aliphatic carbocycles. The molecule has 0 aromatic carbocycles. The van der Waals surface area contributed by atoms with E-state index < -0.39 is 0 Å². The van der Waals surface area contributed by atoms with Crippen LogP contribution in [0.15, 0.2) is 23.0 Å². The molecule has 0 N–H and O–H groups in total. The van der Waals surface area contributed by atoms with Crippen LogP contribution in [0.25, 0.3) is 11.4 Å². The molecule has 0 radical (unpaired) electrons. The first-order chi connectivity index (χ1) is 9.27. The van der Waals surface area contributed by atoms with Crippen LogP contribution in [0.2, 0.25) is 0 Å². The third-order valence-corrected chi connectivity index (χ3v) is 3.71. The minimum absolute atomic E-state index is 0.843. The molecule has 19 heavy (non-hydrogen) atoms. The molecule has 2 heterocycles. The van der Waals surface area contributed by atoms with Crippen LogP contribution in [0, 0.1) is 0 Å². The maximum atomic E-state index is 5.12. The molecule has 0 saturated heterocycles. The molecule has 0 spiro atoms. The smallest absolute Gasteiger partial charge is 0.227 e. The summed E-state index contributed by atoms with van der Waals surface area (Å²) in [5.41, 5.74) is 0.970. The van der Waals surface area contributed by atoms with Crippen molar-refractivity contribution in [3.8, 4) is 11.4 Å². The molecule has 0 amide bonds. The minimum atomic E-state index is 0.843. The first-order valence-electron chi connectivity index (χ1n) is 6.43. The van der Waals surface area contributed by atoms with Gasteiger partial charge in [-0.2, -0.15) is 11.8 Å². The molecule has 0 bridgehead atoms. The number of anilines is 1. The van der Waals surface area contributed by atoms with Crippen LogP contribution in [0.4, 0.5) is 5.95 Å². The molecule has 2 aromatic rings. The number of hydrogen-bond donors (Lipinski definition) is 0. The average Bonchev–Trinajstić information content (AvgIpc) is 3.07. The van der Waals surface area contributed by atoms with Crippen molar-refractivity contribution in [3.05, 3.63) is 18.6 Å². The van der Waals surface area contributed by atoms with Crippen LogP contribution in [0.3, 0.4) is 0 Å². The standard InChI is InChI=1S/C13H20N4OS/c1-4-17-12(11-6-8-18-10-11)14-15-13(17)16(2)7-5-9-19-3/h6,8,10H,4-5,7,9H2,1-3H3. The number of furan rings is 1. The Morgan fingerprint density at radius 3 is 2.89 bits per heavy atom. The van der Waals surface area contributed by atoms with E-state index in [4.69, 9.17) is 4.42 Å². The van der Waals surface area contributed by atoms with Crippen molar-refractivity contribution < 1.29 is 4.42 Å². The monoisotopic (exact) mass is 280 g/mol. The largest absolute Gasteiger partial charge is 0.472 e. The summed E-state index contributed by atoms with van der Waals surface area (Å²) in [5, 5.41) is 8.60. The van der Waals surface area contributed by atoms with Gasteiger partial charge in [-0.05, 0) is 31.4 Å². The van der Waals surface area contributed by atoms with E-state index >= 15 is 0 Å². The number of thioether (sulfide) groups is 1. The Balaban J connectivity index is 2.17. The molecule has 0 aliphatic rings. The summed E-state index contributed by atoms with van der Waals surface area (Å²) in [6.45, 7) is 3.94. The van der Waals surface area contributed by atoms with E-state index in [9.17, 15) is 0 Å². The van der Waals surface area contributed by atoms with Gasteiger partial charge in [-0.3, -0.25) is 4.57 Å². The Kier molecular flexibility index (Phi) is 4.90. The fourth-order valence-electron chi connectivity index (χ4n) is 2.02. The van der Waals surface area contributed by atoms with Gasteiger partial charge in [0.1, 0.15) is 6.26 Å². The summed E-state index contributed by atoms with van der Waals surface area (Å²) >= 11 is 1.87. The number of hydrogen-bond acceptors (Lipinski definition) is 5. The zero-order valence-electron chi connectivity index (χ0n) is 11.7. The second-order valence-electron chi connectivity index (χ2n) is 4.35. The van der Waals surface area contributed by atoms with E-state index in [1.165, 1.54) is 5.75 Å². The van der Waals surface area contributed by atoms with Gasteiger partial charge in [0.25, 0.3) is 0 Å². The van der Waals surface area contributed by atoms with Gasteiger partial charge in [-0.15, -0.1) is 10.2 Å². The zero-order chi connectivity index (χ0) is 13.7. The summed E-state index contributed by atoms with van der Waals surface area (Å²) < 4.78 is 7.24. The first kappa shape index (κ1) is 14.0. The molecule has 2 rings (SSSR count). The van der Waals surface area contributed by atoms with E-state index in [2.05, 4.69) is 39.9 Å². The van der Waals surface area contributed by atoms with Crippen molar-refractivity contribution in [2.24, 2.45) is 0 Å². The lowest BCUT2D eigenvalue weighted by atomic mass is 10.3. The Bertz CT molecular complexity index is 495. The third kappa shape index (κ3) is 3.12. The lowest BCUT2D eigenvalue weighted by molar-refractivity contribution is 0.567. The number of aromatic nitrogens is 3. The molecule has 0 saturated carbocycles. The molecule has 5 nitrogen and oxygen atoms in total. The highest BCUT2D eigenvalue weighted by Crippen LogP contribution is 2.22. The van der Waals surface area contributed by atoms with E-state index in [1.807, 2.05) is 17.8 Å². The van der Waals surface area contributed by atoms with E-state index in [0.717, 1.165) is 36.8 Å². The van der Waals surface area contributed by atoms with Crippen LogP contribution in [0.1, 0.15) is 13.3 Å². The summed E-state index contributed by atoms with van der Waals surface area (Å²) in [5.74, 6) is 2.95. The van der Waals surface area contributed by atoms with Crippen molar-refractivity contribution >= 4 is 17.7 Å². The van der Waals surface area contributed by atoms with Gasteiger partial charge in [0.05, 0.1) is 11.8 Å². The van der Waals surface area contributed by atoms with Crippen LogP contribution in [-0.4, -0.2) is 40.4 Å². The van der Waals surface area contributed by atoms with E-state index in [0.29, 0.717) is 0 Å². The maximum Gasteiger partial charge on any atom is 0.227 e. The van der Waals surface area contributed by atoms with Crippen molar-refractivity contribution in [1.29, 1.82) is 0 Å². The predicted octanol–water partition coefficient (Wildman–Crippen LogP) is 2.75. The molecule has 0 unspecified atom stereocenters. The van der Waals surface area contributed by atoms with Crippen LogP contribution >= 0.6 is 11.8 Å². The van der Waals surface area contributed by atoms with Gasteiger partial charge >= 0.3 is 0 Å². The minimum Gasteiger partial charge on any atom is -0.472 e. The van der Waals surface area contributed by atoms with Gasteiger partial charge in [0, 0.05) is 20.1 Å². The Morgan fingerprint density at radius 1 is 1.42 bits per heavy atom. The second-order valence-corrected chi connectivity index (χ2v) is 5.33.